The van der Waals surface area contributed by atoms with Gasteiger partial charge in [-0.05, 0) is 36.6 Å². The molecule has 2 aromatic carbocycles. The molecule has 0 fully saturated rings. The van der Waals surface area contributed by atoms with Crippen LogP contribution in [0.15, 0.2) is 53.9 Å². The molecule has 2 aromatic rings. The summed E-state index contributed by atoms with van der Waals surface area (Å²) in [5, 5.41) is 11.3. The van der Waals surface area contributed by atoms with Crippen molar-refractivity contribution in [1.82, 2.24) is 0 Å². The molecule has 28 heavy (non-hydrogen) atoms. The maximum atomic E-state index is 11.3. The van der Waals surface area contributed by atoms with Crippen molar-refractivity contribution in [2.45, 2.75) is 30.3 Å². The van der Waals surface area contributed by atoms with E-state index in [2.05, 4.69) is 6.58 Å². The van der Waals surface area contributed by atoms with Gasteiger partial charge in [0, 0.05) is 12.5 Å². The Morgan fingerprint density at radius 2 is 1.96 bits per heavy atom. The lowest BCUT2D eigenvalue weighted by Crippen LogP contribution is -2.30. The van der Waals surface area contributed by atoms with Crippen LogP contribution in [0.2, 0.25) is 0 Å². The van der Waals surface area contributed by atoms with Crippen LogP contribution < -0.4 is 9.47 Å². The van der Waals surface area contributed by atoms with Crippen LogP contribution in [-0.2, 0) is 23.0 Å². The van der Waals surface area contributed by atoms with Crippen molar-refractivity contribution < 1.29 is 27.4 Å². The molecule has 0 aliphatic carbocycles. The summed E-state index contributed by atoms with van der Waals surface area (Å²) in [6, 6.07) is 8.85. The number of rotatable bonds is 7. The summed E-state index contributed by atoms with van der Waals surface area (Å²) in [6.07, 6.45) is 2.71. The zero-order valence-corrected chi connectivity index (χ0v) is 15.7. The van der Waals surface area contributed by atoms with Gasteiger partial charge in [-0.15, -0.1) is 6.58 Å². The maximum Gasteiger partial charge on any atom is 0.294 e. The highest BCUT2D eigenvalue weighted by atomic mass is 32.2. The number of ether oxygens (including phenoxy) is 2. The molecule has 0 bridgehead atoms. The summed E-state index contributed by atoms with van der Waals surface area (Å²) in [5.74, 6) is 0.836. The number of hydrogen-bond acceptors (Lipinski definition) is 6. The second-order valence-electron chi connectivity index (χ2n) is 6.35. The van der Waals surface area contributed by atoms with E-state index in [1.54, 1.807) is 18.2 Å². The number of allylic oxidation sites excluding steroid dienone is 1. The zero-order valence-electron chi connectivity index (χ0n) is 14.9. The smallest absolute Gasteiger partial charge is 0.294 e. The third-order valence-electron chi connectivity index (χ3n) is 4.43. The third kappa shape index (κ3) is 4.32. The zero-order chi connectivity index (χ0) is 20.3. The molecule has 1 N–H and O–H groups in total. The van der Waals surface area contributed by atoms with Crippen LogP contribution in [0.3, 0.4) is 0 Å². The number of aryl methyl sites for hydroxylation is 1. The van der Waals surface area contributed by atoms with Crippen molar-refractivity contribution in [3.8, 4) is 11.5 Å². The minimum absolute atomic E-state index is 0.0382. The van der Waals surface area contributed by atoms with Crippen molar-refractivity contribution in [3.63, 3.8) is 0 Å². The predicted molar refractivity (Wildman–Crippen MR) is 101 cm³/mol. The van der Waals surface area contributed by atoms with Crippen molar-refractivity contribution in [3.05, 3.63) is 70.3 Å². The second-order valence-corrected chi connectivity index (χ2v) is 7.77. The molecule has 9 heteroatoms. The average molecular weight is 405 g/mol. The molecule has 0 amide bonds. The molecule has 1 atom stereocenters. The van der Waals surface area contributed by atoms with Gasteiger partial charge in [0.1, 0.15) is 12.7 Å². The van der Waals surface area contributed by atoms with Crippen molar-refractivity contribution in [2.24, 2.45) is 0 Å². The molecule has 1 unspecified atom stereocenters. The number of hydrogen-bond donors (Lipinski definition) is 1. The fourth-order valence-corrected chi connectivity index (χ4v) is 3.51. The SMILES string of the molecule is C=CCc1c([N+](=O)[O-])ccc2c1OC(CCc1ccc(S(=O)(=O)O)cc1)CO2. The average Bonchev–Trinajstić information content (AvgIpc) is 2.66. The first kappa shape index (κ1) is 19.8. The molecule has 0 saturated heterocycles. The van der Waals surface area contributed by atoms with Crippen LogP contribution in [0.4, 0.5) is 5.69 Å². The van der Waals surface area contributed by atoms with E-state index in [4.69, 9.17) is 14.0 Å². The Balaban J connectivity index is 1.73. The fourth-order valence-electron chi connectivity index (χ4n) is 3.03. The standard InChI is InChI=1S/C19H19NO7S/c1-2-3-16-17(20(21)22)10-11-18-19(16)27-14(12-26-18)7-4-13-5-8-15(9-6-13)28(23,24)25/h2,5-6,8-11,14H,1,3-4,7,12H2,(H,23,24,25). The Bertz CT molecular complexity index is 1000. The topological polar surface area (TPSA) is 116 Å². The second kappa shape index (κ2) is 7.99. The third-order valence-corrected chi connectivity index (χ3v) is 5.30. The van der Waals surface area contributed by atoms with Crippen LogP contribution in [0.5, 0.6) is 11.5 Å². The highest BCUT2D eigenvalue weighted by Gasteiger charge is 2.28. The molecule has 1 aliphatic rings. The van der Waals surface area contributed by atoms with E-state index >= 15 is 0 Å². The van der Waals surface area contributed by atoms with E-state index in [1.807, 2.05) is 0 Å². The summed E-state index contributed by atoms with van der Waals surface area (Å²) >= 11 is 0. The summed E-state index contributed by atoms with van der Waals surface area (Å²) in [7, 11) is -4.22. The van der Waals surface area contributed by atoms with Crippen molar-refractivity contribution in [1.29, 1.82) is 0 Å². The molecule has 0 saturated carbocycles. The number of benzene rings is 2. The molecular weight excluding hydrogens is 386 g/mol. The lowest BCUT2D eigenvalue weighted by molar-refractivity contribution is -0.385. The van der Waals surface area contributed by atoms with Crippen molar-refractivity contribution >= 4 is 15.8 Å². The van der Waals surface area contributed by atoms with Gasteiger partial charge in [0.15, 0.2) is 11.5 Å². The van der Waals surface area contributed by atoms with E-state index in [1.165, 1.54) is 24.3 Å². The van der Waals surface area contributed by atoms with Crippen LogP contribution in [-0.4, -0.2) is 30.6 Å². The summed E-state index contributed by atoms with van der Waals surface area (Å²) in [6.45, 7) is 3.95. The lowest BCUT2D eigenvalue weighted by Gasteiger charge is -2.28. The van der Waals surface area contributed by atoms with Gasteiger partial charge in [0.2, 0.25) is 0 Å². The Morgan fingerprint density at radius 1 is 1.25 bits per heavy atom. The Morgan fingerprint density at radius 3 is 2.57 bits per heavy atom. The lowest BCUT2D eigenvalue weighted by atomic mass is 10.0. The molecule has 1 heterocycles. The Kier molecular flexibility index (Phi) is 5.66. The van der Waals surface area contributed by atoms with Crippen LogP contribution >= 0.6 is 0 Å². The van der Waals surface area contributed by atoms with Gasteiger partial charge in [-0.2, -0.15) is 8.42 Å². The first-order valence-electron chi connectivity index (χ1n) is 8.56. The molecule has 0 spiro atoms. The number of nitrogens with zero attached hydrogens (tertiary/aromatic N) is 1. The highest BCUT2D eigenvalue weighted by Crippen LogP contribution is 2.41. The molecule has 0 radical (unpaired) electrons. The summed E-state index contributed by atoms with van der Waals surface area (Å²) in [4.78, 5) is 10.7. The highest BCUT2D eigenvalue weighted by molar-refractivity contribution is 7.85. The molecule has 0 aromatic heterocycles. The van der Waals surface area contributed by atoms with Crippen molar-refractivity contribution in [2.75, 3.05) is 6.61 Å². The number of fused-ring (bicyclic) bond motifs is 1. The van der Waals surface area contributed by atoms with E-state index in [0.717, 1.165) is 5.56 Å². The molecule has 3 rings (SSSR count). The monoisotopic (exact) mass is 405 g/mol. The molecule has 148 valence electrons. The van der Waals surface area contributed by atoms with E-state index in [0.29, 0.717) is 36.5 Å². The van der Waals surface area contributed by atoms with E-state index in [9.17, 15) is 18.5 Å². The van der Waals surface area contributed by atoms with Gasteiger partial charge >= 0.3 is 0 Å². The quantitative estimate of drug-likeness (QED) is 0.325. The minimum Gasteiger partial charge on any atom is -0.486 e. The van der Waals surface area contributed by atoms with E-state index < -0.39 is 15.0 Å². The first-order chi connectivity index (χ1) is 13.3. The van der Waals surface area contributed by atoms with Crippen LogP contribution in [0, 0.1) is 10.1 Å². The Labute approximate surface area is 162 Å². The largest absolute Gasteiger partial charge is 0.486 e. The number of nitro groups is 1. The van der Waals surface area contributed by atoms with E-state index in [-0.39, 0.29) is 23.1 Å². The summed E-state index contributed by atoms with van der Waals surface area (Å²) in [5.41, 5.74) is 1.26. The van der Waals surface area contributed by atoms with Gasteiger partial charge in [0.25, 0.3) is 15.8 Å². The number of nitro benzene ring substituents is 1. The van der Waals surface area contributed by atoms with Gasteiger partial charge in [-0.25, -0.2) is 0 Å². The first-order valence-corrected chi connectivity index (χ1v) is 10.0. The molecular formula is C19H19NO7S. The van der Waals surface area contributed by atoms with Gasteiger partial charge in [0.05, 0.1) is 15.4 Å². The fraction of sp³-hybridized carbons (Fsp3) is 0.263. The van der Waals surface area contributed by atoms with Crippen LogP contribution in [0.1, 0.15) is 17.5 Å². The maximum absolute atomic E-state index is 11.3. The van der Waals surface area contributed by atoms with Crippen LogP contribution in [0.25, 0.3) is 0 Å². The van der Waals surface area contributed by atoms with Gasteiger partial charge < -0.3 is 9.47 Å². The Hall–Kier alpha value is -2.91. The van der Waals surface area contributed by atoms with Gasteiger partial charge in [-0.1, -0.05) is 18.2 Å². The minimum atomic E-state index is -4.22. The summed E-state index contributed by atoms with van der Waals surface area (Å²) < 4.78 is 42.9. The van der Waals surface area contributed by atoms with Gasteiger partial charge in [-0.3, -0.25) is 14.7 Å². The molecule has 8 nitrogen and oxygen atoms in total. The predicted octanol–water partition coefficient (Wildman–Crippen LogP) is 3.34. The molecule has 1 aliphatic heterocycles. The normalized spacial score (nSPS) is 15.8.